The van der Waals surface area contributed by atoms with Gasteiger partial charge in [-0.15, -0.1) is 0 Å². The zero-order valence-corrected chi connectivity index (χ0v) is 17.9. The standard InChI is InChI=1S/C25H26N2O3/c1-5-7-21-20-14-24(30-4)23(29-3)13-19(20)17(15-26-21)12-18-11-10-16-8-6-9-22(28-2)25(16)27-18/h6,8-11,13-15H,5,7,12H2,1-4H3. The Balaban J connectivity index is 1.84. The fourth-order valence-corrected chi connectivity index (χ4v) is 3.87. The van der Waals surface area contributed by atoms with Crippen LogP contribution in [0.4, 0.5) is 0 Å². The van der Waals surface area contributed by atoms with Gasteiger partial charge in [0, 0.05) is 34.8 Å². The van der Waals surface area contributed by atoms with Crippen LogP contribution < -0.4 is 14.2 Å². The van der Waals surface area contributed by atoms with E-state index in [4.69, 9.17) is 24.2 Å². The van der Waals surface area contributed by atoms with E-state index in [-0.39, 0.29) is 0 Å². The van der Waals surface area contributed by atoms with Gasteiger partial charge in [0.1, 0.15) is 11.3 Å². The molecule has 0 saturated carbocycles. The molecule has 0 saturated heterocycles. The number of hydrogen-bond donors (Lipinski definition) is 0. The number of aryl methyl sites for hydroxylation is 1. The SMILES string of the molecule is CCCc1ncc(Cc2ccc3cccc(OC)c3n2)c2cc(OC)c(OC)cc12. The maximum atomic E-state index is 5.56. The second-order valence-electron chi connectivity index (χ2n) is 7.24. The molecule has 0 fully saturated rings. The zero-order chi connectivity index (χ0) is 21.1. The molecule has 0 atom stereocenters. The van der Waals surface area contributed by atoms with E-state index in [2.05, 4.69) is 19.1 Å². The predicted octanol–water partition coefficient (Wildman–Crippen LogP) is 5.35. The highest BCUT2D eigenvalue weighted by molar-refractivity contribution is 5.91. The summed E-state index contributed by atoms with van der Waals surface area (Å²) in [6.45, 7) is 2.16. The maximum absolute atomic E-state index is 5.56. The van der Waals surface area contributed by atoms with E-state index in [0.29, 0.717) is 12.2 Å². The first kappa shape index (κ1) is 20.0. The monoisotopic (exact) mass is 402 g/mol. The third kappa shape index (κ3) is 3.63. The van der Waals surface area contributed by atoms with Gasteiger partial charge in [0.15, 0.2) is 11.5 Å². The lowest BCUT2D eigenvalue weighted by atomic mass is 9.99. The number of ether oxygens (including phenoxy) is 3. The predicted molar refractivity (Wildman–Crippen MR) is 120 cm³/mol. The molecule has 0 amide bonds. The van der Waals surface area contributed by atoms with E-state index in [0.717, 1.165) is 63.0 Å². The van der Waals surface area contributed by atoms with Gasteiger partial charge in [-0.1, -0.05) is 31.5 Å². The highest BCUT2D eigenvalue weighted by Gasteiger charge is 2.14. The van der Waals surface area contributed by atoms with Gasteiger partial charge in [-0.2, -0.15) is 0 Å². The van der Waals surface area contributed by atoms with E-state index in [1.165, 1.54) is 0 Å². The number of benzene rings is 2. The second kappa shape index (κ2) is 8.57. The molecule has 4 rings (SSSR count). The molecule has 154 valence electrons. The van der Waals surface area contributed by atoms with Crippen LogP contribution in [0.5, 0.6) is 17.2 Å². The lowest BCUT2D eigenvalue weighted by Crippen LogP contribution is -2.00. The topological polar surface area (TPSA) is 53.5 Å². The van der Waals surface area contributed by atoms with Gasteiger partial charge in [0.25, 0.3) is 0 Å². The first-order chi connectivity index (χ1) is 14.7. The number of fused-ring (bicyclic) bond motifs is 2. The van der Waals surface area contributed by atoms with Crippen molar-refractivity contribution in [2.45, 2.75) is 26.2 Å². The molecule has 30 heavy (non-hydrogen) atoms. The summed E-state index contributed by atoms with van der Waals surface area (Å²) in [7, 11) is 4.99. The average Bonchev–Trinajstić information content (AvgIpc) is 2.79. The summed E-state index contributed by atoms with van der Waals surface area (Å²) in [6, 6.07) is 14.2. The molecule has 0 N–H and O–H groups in total. The fraction of sp³-hybridized carbons (Fsp3) is 0.280. The number of para-hydroxylation sites is 1. The van der Waals surface area contributed by atoms with Crippen molar-refractivity contribution in [3.8, 4) is 17.2 Å². The molecular formula is C25H26N2O3. The Kier molecular flexibility index (Phi) is 5.70. The molecule has 2 aromatic carbocycles. The van der Waals surface area contributed by atoms with Crippen LogP contribution in [0.15, 0.2) is 48.7 Å². The Labute approximate surface area is 176 Å². The highest BCUT2D eigenvalue weighted by Crippen LogP contribution is 2.35. The normalized spacial score (nSPS) is 11.1. The van der Waals surface area contributed by atoms with E-state index in [1.807, 2.05) is 36.5 Å². The van der Waals surface area contributed by atoms with E-state index in [1.54, 1.807) is 21.3 Å². The number of pyridine rings is 2. The van der Waals surface area contributed by atoms with Gasteiger partial charge in [0.05, 0.1) is 21.3 Å². The lowest BCUT2D eigenvalue weighted by Gasteiger charge is -2.15. The Bertz CT molecular complexity index is 1200. The van der Waals surface area contributed by atoms with Gasteiger partial charge < -0.3 is 14.2 Å². The molecule has 0 aliphatic rings. The summed E-state index contributed by atoms with van der Waals surface area (Å²) in [5.41, 5.74) is 4.02. The number of rotatable bonds is 7. The summed E-state index contributed by atoms with van der Waals surface area (Å²) >= 11 is 0. The van der Waals surface area contributed by atoms with Gasteiger partial charge >= 0.3 is 0 Å². The first-order valence-electron chi connectivity index (χ1n) is 10.1. The minimum Gasteiger partial charge on any atom is -0.494 e. The van der Waals surface area contributed by atoms with Crippen molar-refractivity contribution in [1.29, 1.82) is 0 Å². The first-order valence-corrected chi connectivity index (χ1v) is 10.1. The molecule has 5 nitrogen and oxygen atoms in total. The van der Waals surface area contributed by atoms with Gasteiger partial charge in [-0.25, -0.2) is 4.98 Å². The van der Waals surface area contributed by atoms with Crippen LogP contribution in [0.25, 0.3) is 21.7 Å². The molecule has 0 radical (unpaired) electrons. The third-order valence-corrected chi connectivity index (χ3v) is 5.38. The number of nitrogens with zero attached hydrogens (tertiary/aromatic N) is 2. The largest absolute Gasteiger partial charge is 0.494 e. The fourth-order valence-electron chi connectivity index (χ4n) is 3.87. The van der Waals surface area contributed by atoms with Crippen LogP contribution in [0.1, 0.15) is 30.3 Å². The Morgan fingerprint density at radius 2 is 1.57 bits per heavy atom. The summed E-state index contributed by atoms with van der Waals surface area (Å²) in [5, 5.41) is 3.28. The summed E-state index contributed by atoms with van der Waals surface area (Å²) < 4.78 is 16.6. The molecule has 2 aromatic heterocycles. The van der Waals surface area contributed by atoms with Crippen LogP contribution in [-0.4, -0.2) is 31.3 Å². The number of hydrogen-bond acceptors (Lipinski definition) is 5. The van der Waals surface area contributed by atoms with E-state index < -0.39 is 0 Å². The molecule has 5 heteroatoms. The molecule has 4 aromatic rings. The number of aromatic nitrogens is 2. The van der Waals surface area contributed by atoms with Crippen LogP contribution in [-0.2, 0) is 12.8 Å². The summed E-state index contributed by atoms with van der Waals surface area (Å²) in [6.07, 6.45) is 4.58. The van der Waals surface area contributed by atoms with Gasteiger partial charge in [0.2, 0.25) is 0 Å². The average molecular weight is 402 g/mol. The molecule has 2 heterocycles. The molecule has 0 aliphatic heterocycles. The van der Waals surface area contributed by atoms with Crippen molar-refractivity contribution in [2.24, 2.45) is 0 Å². The zero-order valence-electron chi connectivity index (χ0n) is 17.9. The van der Waals surface area contributed by atoms with E-state index >= 15 is 0 Å². The second-order valence-corrected chi connectivity index (χ2v) is 7.24. The molecule has 0 bridgehead atoms. The van der Waals surface area contributed by atoms with Crippen molar-refractivity contribution in [1.82, 2.24) is 9.97 Å². The van der Waals surface area contributed by atoms with Crippen molar-refractivity contribution >= 4 is 21.7 Å². The van der Waals surface area contributed by atoms with Crippen molar-refractivity contribution in [2.75, 3.05) is 21.3 Å². The van der Waals surface area contributed by atoms with Crippen molar-refractivity contribution in [3.05, 3.63) is 65.6 Å². The molecular weight excluding hydrogens is 376 g/mol. The van der Waals surface area contributed by atoms with Crippen molar-refractivity contribution in [3.63, 3.8) is 0 Å². The van der Waals surface area contributed by atoms with Gasteiger partial charge in [-0.3, -0.25) is 4.98 Å². The Hall–Kier alpha value is -3.34. The molecule has 0 aliphatic carbocycles. The number of methoxy groups -OCH3 is 3. The van der Waals surface area contributed by atoms with Crippen LogP contribution in [0, 0.1) is 0 Å². The third-order valence-electron chi connectivity index (χ3n) is 5.38. The molecule has 0 spiro atoms. The summed E-state index contributed by atoms with van der Waals surface area (Å²) in [4.78, 5) is 9.65. The Morgan fingerprint density at radius 3 is 2.27 bits per heavy atom. The molecule has 0 unspecified atom stereocenters. The van der Waals surface area contributed by atoms with Crippen LogP contribution in [0.3, 0.4) is 0 Å². The minimum atomic E-state index is 0.666. The maximum Gasteiger partial charge on any atom is 0.161 e. The quantitative estimate of drug-likeness (QED) is 0.417. The van der Waals surface area contributed by atoms with Gasteiger partial charge in [-0.05, 0) is 41.6 Å². The lowest BCUT2D eigenvalue weighted by molar-refractivity contribution is 0.356. The minimum absolute atomic E-state index is 0.666. The smallest absolute Gasteiger partial charge is 0.161 e. The Morgan fingerprint density at radius 1 is 0.833 bits per heavy atom. The van der Waals surface area contributed by atoms with Crippen molar-refractivity contribution < 1.29 is 14.2 Å². The summed E-state index contributed by atoms with van der Waals surface area (Å²) in [5.74, 6) is 2.21. The van der Waals surface area contributed by atoms with Crippen LogP contribution >= 0.6 is 0 Å². The van der Waals surface area contributed by atoms with E-state index in [9.17, 15) is 0 Å². The van der Waals surface area contributed by atoms with Crippen LogP contribution in [0.2, 0.25) is 0 Å². The highest BCUT2D eigenvalue weighted by atomic mass is 16.5.